The minimum Gasteiger partial charge on any atom is -0.454 e. The summed E-state index contributed by atoms with van der Waals surface area (Å²) in [5, 5.41) is 22.7. The van der Waals surface area contributed by atoms with Crippen LogP contribution in [0.15, 0.2) is 60.7 Å². The molecule has 0 aromatic heterocycles. The lowest BCUT2D eigenvalue weighted by Gasteiger charge is -2.33. The van der Waals surface area contributed by atoms with Crippen LogP contribution in [0.4, 0.5) is 0 Å². The number of carbonyl (C=O) groups excluding carboxylic acids is 2. The molecule has 0 amide bonds. The van der Waals surface area contributed by atoms with E-state index in [0.717, 1.165) is 99.4 Å². The van der Waals surface area contributed by atoms with Crippen LogP contribution in [-0.2, 0) is 30.3 Å². The number of hydrogen-bond donors (Lipinski definition) is 2. The van der Waals surface area contributed by atoms with E-state index in [4.69, 9.17) is 9.47 Å². The first-order valence-corrected chi connectivity index (χ1v) is 17.5. The maximum atomic E-state index is 12.9. The molecule has 46 heavy (non-hydrogen) atoms. The predicted molar refractivity (Wildman–Crippen MR) is 177 cm³/mol. The molecule has 6 rings (SSSR count). The fraction of sp³-hybridized carbons (Fsp3) is 0.632. The highest BCUT2D eigenvalue weighted by Gasteiger charge is 2.50. The van der Waals surface area contributed by atoms with E-state index in [9.17, 15) is 19.8 Å². The van der Waals surface area contributed by atoms with E-state index < -0.39 is 23.1 Å². The quantitative estimate of drug-likeness (QED) is 0.316. The summed E-state index contributed by atoms with van der Waals surface area (Å²) in [6, 6.07) is 18.7. The fourth-order valence-electron chi connectivity index (χ4n) is 8.24. The molecule has 2 N–H and O–H groups in total. The van der Waals surface area contributed by atoms with Crippen molar-refractivity contribution in [2.75, 3.05) is 54.4 Å². The van der Waals surface area contributed by atoms with Crippen LogP contribution in [0.1, 0.15) is 75.3 Å². The molecule has 2 aliphatic heterocycles. The van der Waals surface area contributed by atoms with Gasteiger partial charge in [0.2, 0.25) is 0 Å². The molecule has 4 aliphatic rings. The Morgan fingerprint density at radius 2 is 0.913 bits per heavy atom. The Morgan fingerprint density at radius 3 is 1.20 bits per heavy atom. The van der Waals surface area contributed by atoms with Crippen LogP contribution >= 0.6 is 0 Å². The van der Waals surface area contributed by atoms with E-state index in [0.29, 0.717) is 11.1 Å². The van der Waals surface area contributed by atoms with E-state index in [1.54, 1.807) is 0 Å². The summed E-state index contributed by atoms with van der Waals surface area (Å²) >= 11 is 0. The zero-order chi connectivity index (χ0) is 33.0. The largest absolute Gasteiger partial charge is 0.454 e. The molecule has 2 saturated carbocycles. The van der Waals surface area contributed by atoms with Crippen molar-refractivity contribution >= 4 is 11.9 Å². The van der Waals surface area contributed by atoms with Crippen LogP contribution in [-0.4, -0.2) is 97.7 Å². The number of likely N-dealkylation sites (tertiary alicyclic amines) is 2. The SMILES string of the molecule is C[N+]1(C)CCC(OC(=O)C(O)(c2ccccc2)C2CCCC2)C1.C[N+]1(C)CCC(OC(=O)C(O)(c2ccccc2)C2CCCC2)C1. The number of carbonyl (C=O) groups is 2. The first kappa shape index (κ1) is 34.6. The van der Waals surface area contributed by atoms with Crippen LogP contribution in [0.5, 0.6) is 0 Å². The highest BCUT2D eigenvalue weighted by atomic mass is 16.6. The number of esters is 2. The Kier molecular flexibility index (Phi) is 10.6. The number of rotatable bonds is 8. The highest BCUT2D eigenvalue weighted by molar-refractivity contribution is 5.82. The van der Waals surface area contributed by atoms with E-state index in [1.165, 1.54) is 0 Å². The number of ether oxygens (including phenoxy) is 2. The van der Waals surface area contributed by atoms with Crippen LogP contribution in [0.3, 0.4) is 0 Å². The standard InChI is InChI=1S/2C19H28NO3/c2*1-20(2)13-12-17(14-20)23-18(21)19(22,16-10-6-7-11-16)15-8-4-3-5-9-15/h2*3-5,8-9,16-17,22H,6-7,10-14H2,1-2H3/q2*+1. The zero-order valence-corrected chi connectivity index (χ0v) is 28.4. The van der Waals surface area contributed by atoms with E-state index in [2.05, 4.69) is 28.2 Å². The molecule has 4 unspecified atom stereocenters. The third-order valence-corrected chi connectivity index (χ3v) is 11.0. The van der Waals surface area contributed by atoms with Crippen molar-refractivity contribution in [2.45, 2.75) is 87.6 Å². The molecule has 2 aliphatic carbocycles. The van der Waals surface area contributed by atoms with Gasteiger partial charge < -0.3 is 28.7 Å². The van der Waals surface area contributed by atoms with Gasteiger partial charge in [-0.1, -0.05) is 86.3 Å². The summed E-state index contributed by atoms with van der Waals surface area (Å²) in [6.45, 7) is 3.65. The highest BCUT2D eigenvalue weighted by Crippen LogP contribution is 2.43. The first-order valence-electron chi connectivity index (χ1n) is 17.5. The van der Waals surface area contributed by atoms with Gasteiger partial charge in [-0.3, -0.25) is 0 Å². The predicted octanol–water partition coefficient (Wildman–Crippen LogP) is 4.91. The third-order valence-electron chi connectivity index (χ3n) is 11.0. The van der Waals surface area contributed by atoms with Gasteiger partial charge in [0.05, 0.1) is 41.3 Å². The van der Waals surface area contributed by atoms with Crippen molar-refractivity contribution in [1.82, 2.24) is 0 Å². The van der Waals surface area contributed by atoms with Crippen LogP contribution in [0, 0.1) is 11.8 Å². The van der Waals surface area contributed by atoms with Crippen LogP contribution in [0.2, 0.25) is 0 Å². The number of benzene rings is 2. The molecule has 2 aromatic rings. The molecule has 2 heterocycles. The molecule has 4 atom stereocenters. The number of quaternary nitrogens is 2. The molecular weight excluding hydrogens is 580 g/mol. The lowest BCUT2D eigenvalue weighted by atomic mass is 9.80. The Hall–Kier alpha value is -2.78. The van der Waals surface area contributed by atoms with Gasteiger partial charge in [0, 0.05) is 24.7 Å². The molecule has 2 aromatic carbocycles. The summed E-state index contributed by atoms with van der Waals surface area (Å²) < 4.78 is 13.3. The molecule has 8 heteroatoms. The van der Waals surface area contributed by atoms with Crippen molar-refractivity contribution in [3.63, 3.8) is 0 Å². The second kappa shape index (κ2) is 14.1. The van der Waals surface area contributed by atoms with E-state index >= 15 is 0 Å². The maximum Gasteiger partial charge on any atom is 0.343 e. The Labute approximate surface area is 275 Å². The molecule has 8 nitrogen and oxygen atoms in total. The Morgan fingerprint density at radius 1 is 0.587 bits per heavy atom. The second-order valence-electron chi connectivity index (χ2n) is 15.5. The summed E-state index contributed by atoms with van der Waals surface area (Å²) in [7, 11) is 8.59. The zero-order valence-electron chi connectivity index (χ0n) is 28.4. The van der Waals surface area contributed by atoms with Crippen LogP contribution in [0.25, 0.3) is 0 Å². The summed E-state index contributed by atoms with van der Waals surface area (Å²) in [4.78, 5) is 25.9. The molecule has 4 fully saturated rings. The van der Waals surface area contributed by atoms with Crippen molar-refractivity contribution in [3.8, 4) is 0 Å². The van der Waals surface area contributed by atoms with Gasteiger partial charge in [0.1, 0.15) is 13.1 Å². The Bertz CT molecular complexity index is 1200. The average molecular weight is 637 g/mol. The van der Waals surface area contributed by atoms with Gasteiger partial charge in [-0.15, -0.1) is 0 Å². The lowest BCUT2D eigenvalue weighted by Crippen LogP contribution is -2.46. The summed E-state index contributed by atoms with van der Waals surface area (Å²) in [6.07, 6.45) is 9.37. The van der Waals surface area contributed by atoms with Gasteiger partial charge in [0.25, 0.3) is 0 Å². The normalized spacial score (nSPS) is 26.8. The summed E-state index contributed by atoms with van der Waals surface area (Å²) in [5.74, 6) is -0.993. The van der Waals surface area contributed by atoms with E-state index in [-0.39, 0.29) is 24.0 Å². The molecule has 2 saturated heterocycles. The summed E-state index contributed by atoms with van der Waals surface area (Å²) in [5.41, 5.74) is -1.66. The topological polar surface area (TPSA) is 93.1 Å². The van der Waals surface area contributed by atoms with Crippen molar-refractivity contribution in [3.05, 3.63) is 71.8 Å². The fourth-order valence-corrected chi connectivity index (χ4v) is 8.24. The van der Waals surface area contributed by atoms with Gasteiger partial charge in [0.15, 0.2) is 23.4 Å². The van der Waals surface area contributed by atoms with Crippen molar-refractivity contribution in [2.24, 2.45) is 11.8 Å². The molecule has 0 bridgehead atoms. The number of aliphatic hydroxyl groups is 2. The van der Waals surface area contributed by atoms with Gasteiger partial charge in [-0.25, -0.2) is 9.59 Å². The smallest absolute Gasteiger partial charge is 0.343 e. The Balaban J connectivity index is 0.000000181. The van der Waals surface area contributed by atoms with Crippen molar-refractivity contribution in [1.29, 1.82) is 0 Å². The second-order valence-corrected chi connectivity index (χ2v) is 15.5. The third kappa shape index (κ3) is 7.67. The average Bonchev–Trinajstić information content (AvgIpc) is 3.87. The van der Waals surface area contributed by atoms with E-state index in [1.807, 2.05) is 60.7 Å². The molecule has 0 radical (unpaired) electrons. The number of hydrogen-bond acceptors (Lipinski definition) is 6. The minimum absolute atomic E-state index is 0.0405. The van der Waals surface area contributed by atoms with Crippen LogP contribution < -0.4 is 0 Å². The number of nitrogens with zero attached hydrogens (tertiary/aromatic N) is 2. The number of likely N-dealkylation sites (N-methyl/N-ethyl adjacent to an activating group) is 2. The van der Waals surface area contributed by atoms with Gasteiger partial charge in [-0.2, -0.15) is 0 Å². The molecular formula is C38H56N2O6+2. The minimum atomic E-state index is -1.50. The van der Waals surface area contributed by atoms with Gasteiger partial charge >= 0.3 is 11.9 Å². The molecule has 0 spiro atoms. The van der Waals surface area contributed by atoms with Gasteiger partial charge in [-0.05, 0) is 36.8 Å². The monoisotopic (exact) mass is 636 g/mol. The molecule has 252 valence electrons. The lowest BCUT2D eigenvalue weighted by molar-refractivity contribution is -0.879. The van der Waals surface area contributed by atoms with Crippen molar-refractivity contribution < 1.29 is 38.2 Å². The maximum absolute atomic E-state index is 12.9. The first-order chi connectivity index (χ1) is 21.8.